The van der Waals surface area contributed by atoms with E-state index in [1.165, 1.54) is 31.5 Å². The van der Waals surface area contributed by atoms with Crippen LogP contribution < -0.4 is 10.4 Å². The van der Waals surface area contributed by atoms with E-state index in [-0.39, 0.29) is 22.3 Å². The van der Waals surface area contributed by atoms with E-state index in [1.807, 2.05) is 6.07 Å². The molecule has 0 unspecified atom stereocenters. The van der Waals surface area contributed by atoms with Crippen LogP contribution >= 0.6 is 0 Å². The monoisotopic (exact) mass is 347 g/mol. The fraction of sp³-hybridized carbons (Fsp3) is 0.0500. The topological polar surface area (TPSA) is 89.6 Å². The third-order valence-corrected chi connectivity index (χ3v) is 4.16. The van der Waals surface area contributed by atoms with Gasteiger partial charge >= 0.3 is 5.63 Å². The Morgan fingerprint density at radius 1 is 1.12 bits per heavy atom. The van der Waals surface area contributed by atoms with E-state index in [0.717, 1.165) is 0 Å². The second kappa shape index (κ2) is 6.00. The molecule has 0 aliphatic rings. The lowest BCUT2D eigenvalue weighted by molar-refractivity contribution is 0.103. The van der Waals surface area contributed by atoms with Crippen molar-refractivity contribution in [1.29, 1.82) is 0 Å². The first kappa shape index (κ1) is 15.8. The van der Waals surface area contributed by atoms with Crippen LogP contribution in [0.15, 0.2) is 63.9 Å². The molecule has 4 aromatic rings. The molecule has 0 atom stereocenters. The lowest BCUT2D eigenvalue weighted by Crippen LogP contribution is -2.06. The zero-order chi connectivity index (χ0) is 18.3. The van der Waals surface area contributed by atoms with Gasteiger partial charge in [0.05, 0.1) is 23.6 Å². The number of benzene rings is 2. The van der Waals surface area contributed by atoms with E-state index in [1.54, 1.807) is 24.3 Å². The molecule has 128 valence electrons. The smallest absolute Gasteiger partial charge is 0.345 e. The molecule has 0 fully saturated rings. The molecule has 0 amide bonds. The van der Waals surface area contributed by atoms with Crippen molar-refractivity contribution in [3.05, 3.63) is 76.3 Å². The van der Waals surface area contributed by atoms with E-state index < -0.39 is 11.4 Å². The van der Waals surface area contributed by atoms with Gasteiger partial charge in [0.15, 0.2) is 5.78 Å². The molecule has 4 rings (SSSR count). The molecule has 26 heavy (non-hydrogen) atoms. The number of pyridine rings is 1. The largest absolute Gasteiger partial charge is 0.507 e. The summed E-state index contributed by atoms with van der Waals surface area (Å²) < 4.78 is 10.3. The Labute approximate surface area is 147 Å². The number of phenols is 1. The number of carbonyl (C=O) groups excluding carboxylic acids is 1. The lowest BCUT2D eigenvalue weighted by atomic mass is 10.0. The van der Waals surface area contributed by atoms with Gasteiger partial charge in [0, 0.05) is 23.2 Å². The van der Waals surface area contributed by atoms with Crippen molar-refractivity contribution < 1.29 is 19.1 Å². The number of rotatable bonds is 3. The van der Waals surface area contributed by atoms with E-state index in [0.29, 0.717) is 22.2 Å². The van der Waals surface area contributed by atoms with Crippen LogP contribution in [0, 0.1) is 0 Å². The highest BCUT2D eigenvalue weighted by molar-refractivity contribution is 6.12. The van der Waals surface area contributed by atoms with Gasteiger partial charge in [-0.3, -0.25) is 9.78 Å². The first-order valence-corrected chi connectivity index (χ1v) is 7.82. The van der Waals surface area contributed by atoms with Crippen LogP contribution in [0.5, 0.6) is 11.5 Å². The van der Waals surface area contributed by atoms with Gasteiger partial charge in [-0.25, -0.2) is 4.79 Å². The Morgan fingerprint density at radius 2 is 1.92 bits per heavy atom. The summed E-state index contributed by atoms with van der Waals surface area (Å²) in [6.07, 6.45) is 1.39. The molecule has 1 N–H and O–H groups in total. The van der Waals surface area contributed by atoms with Gasteiger partial charge in [0.1, 0.15) is 17.1 Å². The second-order valence-corrected chi connectivity index (χ2v) is 5.72. The van der Waals surface area contributed by atoms with Gasteiger partial charge < -0.3 is 14.3 Å². The fourth-order valence-corrected chi connectivity index (χ4v) is 2.85. The molecule has 2 aromatic heterocycles. The van der Waals surface area contributed by atoms with Crippen molar-refractivity contribution in [1.82, 2.24) is 4.98 Å². The van der Waals surface area contributed by atoms with Gasteiger partial charge in [-0.1, -0.05) is 12.1 Å². The molecule has 2 aromatic carbocycles. The number of hydrogen-bond acceptors (Lipinski definition) is 6. The molecule has 2 heterocycles. The standard InChI is InChI=1S/C20H13NO5/c1-25-12-6-7-13(16(22)9-12)19(23)11-8-15-18(21-10-11)14-4-2-3-5-17(14)26-20(15)24/h2-10,22H,1H3. The Bertz CT molecular complexity index is 1230. The summed E-state index contributed by atoms with van der Waals surface area (Å²) in [5.41, 5.74) is 0.606. The zero-order valence-electron chi connectivity index (χ0n) is 13.7. The number of phenolic OH excluding ortho intramolecular Hbond substituents is 1. The predicted octanol–water partition coefficient (Wildman–Crippen LogP) is 3.29. The molecule has 0 bridgehead atoms. The van der Waals surface area contributed by atoms with Crippen molar-refractivity contribution in [3.8, 4) is 11.5 Å². The first-order chi connectivity index (χ1) is 12.6. The number of hydrogen-bond donors (Lipinski definition) is 1. The Balaban J connectivity index is 1.88. The number of ether oxygens (including phenoxy) is 1. The van der Waals surface area contributed by atoms with E-state index in [9.17, 15) is 14.7 Å². The van der Waals surface area contributed by atoms with Crippen molar-refractivity contribution >= 4 is 27.7 Å². The molecule has 0 radical (unpaired) electrons. The molecular weight excluding hydrogens is 334 g/mol. The van der Waals surface area contributed by atoms with Gasteiger partial charge in [-0.15, -0.1) is 0 Å². The second-order valence-electron chi connectivity index (χ2n) is 5.72. The average Bonchev–Trinajstić information content (AvgIpc) is 2.67. The summed E-state index contributed by atoms with van der Waals surface area (Å²) in [6.45, 7) is 0. The molecule has 0 saturated heterocycles. The van der Waals surface area contributed by atoms with Crippen molar-refractivity contribution in [2.45, 2.75) is 0 Å². The third-order valence-electron chi connectivity index (χ3n) is 4.16. The number of carbonyl (C=O) groups is 1. The van der Waals surface area contributed by atoms with Crippen LogP contribution in [0.25, 0.3) is 21.9 Å². The van der Waals surface area contributed by atoms with Crippen molar-refractivity contribution in [3.63, 3.8) is 0 Å². The number of fused-ring (bicyclic) bond motifs is 3. The molecule has 6 heteroatoms. The highest BCUT2D eigenvalue weighted by Crippen LogP contribution is 2.27. The SMILES string of the molecule is COc1ccc(C(=O)c2cnc3c(c2)c(=O)oc2ccccc23)c(O)c1. The van der Waals surface area contributed by atoms with Crippen LogP contribution in [-0.2, 0) is 0 Å². The first-order valence-electron chi connectivity index (χ1n) is 7.82. The van der Waals surface area contributed by atoms with E-state index in [4.69, 9.17) is 9.15 Å². The van der Waals surface area contributed by atoms with E-state index in [2.05, 4.69) is 4.98 Å². The number of ketones is 1. The molecule has 0 aliphatic heterocycles. The van der Waals surface area contributed by atoms with Gasteiger partial charge in [-0.05, 0) is 30.3 Å². The van der Waals surface area contributed by atoms with Crippen LogP contribution in [0.3, 0.4) is 0 Å². The molecule has 6 nitrogen and oxygen atoms in total. The minimum Gasteiger partial charge on any atom is -0.507 e. The summed E-state index contributed by atoms with van der Waals surface area (Å²) in [4.78, 5) is 29.3. The maximum Gasteiger partial charge on any atom is 0.345 e. The van der Waals surface area contributed by atoms with Gasteiger partial charge in [0.25, 0.3) is 0 Å². The number of para-hydroxylation sites is 1. The number of aromatic nitrogens is 1. The van der Waals surface area contributed by atoms with Crippen LogP contribution in [0.1, 0.15) is 15.9 Å². The highest BCUT2D eigenvalue weighted by Gasteiger charge is 2.17. The third kappa shape index (κ3) is 2.48. The Hall–Kier alpha value is -3.67. The minimum absolute atomic E-state index is 0.0946. The van der Waals surface area contributed by atoms with E-state index >= 15 is 0 Å². The maximum atomic E-state index is 12.7. The van der Waals surface area contributed by atoms with Crippen LogP contribution in [0.2, 0.25) is 0 Å². The number of nitrogens with zero attached hydrogens (tertiary/aromatic N) is 1. The van der Waals surface area contributed by atoms with Crippen molar-refractivity contribution in [2.24, 2.45) is 0 Å². The maximum absolute atomic E-state index is 12.7. The molecule has 0 spiro atoms. The van der Waals surface area contributed by atoms with Gasteiger partial charge in [0.2, 0.25) is 0 Å². The highest BCUT2D eigenvalue weighted by atomic mass is 16.5. The summed E-state index contributed by atoms with van der Waals surface area (Å²) in [7, 11) is 1.47. The molecular formula is C20H13NO5. The summed E-state index contributed by atoms with van der Waals surface area (Å²) in [5.74, 6) is -0.227. The Kier molecular flexibility index (Phi) is 3.65. The summed E-state index contributed by atoms with van der Waals surface area (Å²) in [5, 5.41) is 11.0. The van der Waals surface area contributed by atoms with Crippen LogP contribution in [0.4, 0.5) is 0 Å². The minimum atomic E-state index is -0.570. The van der Waals surface area contributed by atoms with Crippen molar-refractivity contribution in [2.75, 3.05) is 7.11 Å². The molecule has 0 saturated carbocycles. The normalized spacial score (nSPS) is 11.0. The quantitative estimate of drug-likeness (QED) is 0.347. The summed E-state index contributed by atoms with van der Waals surface area (Å²) >= 11 is 0. The Morgan fingerprint density at radius 3 is 2.69 bits per heavy atom. The summed E-state index contributed by atoms with van der Waals surface area (Å²) in [6, 6.07) is 12.9. The van der Waals surface area contributed by atoms with Crippen LogP contribution in [-0.4, -0.2) is 23.0 Å². The molecule has 0 aliphatic carbocycles. The average molecular weight is 347 g/mol. The fourth-order valence-electron chi connectivity index (χ4n) is 2.85. The zero-order valence-corrected chi connectivity index (χ0v) is 13.7. The number of methoxy groups -OCH3 is 1. The lowest BCUT2D eigenvalue weighted by Gasteiger charge is -2.07. The predicted molar refractivity (Wildman–Crippen MR) is 95.9 cm³/mol. The number of aromatic hydroxyl groups is 1. The van der Waals surface area contributed by atoms with Gasteiger partial charge in [-0.2, -0.15) is 0 Å².